The van der Waals surface area contributed by atoms with E-state index in [4.69, 9.17) is 20.4 Å². The number of ether oxygens (including phenoxy) is 1. The molecule has 5 rings (SSSR count). The van der Waals surface area contributed by atoms with Gasteiger partial charge in [0.2, 0.25) is 5.91 Å². The van der Waals surface area contributed by atoms with Gasteiger partial charge in [-0.15, -0.1) is 0 Å². The van der Waals surface area contributed by atoms with Gasteiger partial charge in [-0.25, -0.2) is 9.97 Å². The zero-order chi connectivity index (χ0) is 22.2. The van der Waals surface area contributed by atoms with Gasteiger partial charge in [0.1, 0.15) is 11.9 Å². The Morgan fingerprint density at radius 3 is 2.66 bits per heavy atom. The van der Waals surface area contributed by atoms with E-state index in [1.165, 1.54) is 0 Å². The molecule has 1 atom stereocenters. The minimum Gasteiger partial charge on any atom is -0.369 e. The van der Waals surface area contributed by atoms with Crippen LogP contribution in [-0.2, 0) is 11.3 Å². The molecular formula is C25H27N5O2. The number of benzene rings is 2. The fourth-order valence-electron chi connectivity index (χ4n) is 4.57. The van der Waals surface area contributed by atoms with Crippen LogP contribution < -0.4 is 5.73 Å². The molecule has 2 aromatic carbocycles. The maximum absolute atomic E-state index is 12.1. The molecule has 0 spiro atoms. The number of nitrogens with zero attached hydrogens (tertiary/aromatic N) is 4. The molecule has 1 aliphatic heterocycles. The third kappa shape index (κ3) is 3.74. The molecule has 1 amide bonds. The van der Waals surface area contributed by atoms with Crippen LogP contribution in [0, 0.1) is 0 Å². The minimum atomic E-state index is -0.455. The number of primary amides is 1. The number of imidazole rings is 1. The van der Waals surface area contributed by atoms with Crippen LogP contribution in [0.5, 0.6) is 0 Å². The Morgan fingerprint density at radius 1 is 1.12 bits per heavy atom. The van der Waals surface area contributed by atoms with Crippen LogP contribution in [0.2, 0.25) is 0 Å². The second kappa shape index (κ2) is 8.33. The van der Waals surface area contributed by atoms with Crippen LogP contribution in [-0.4, -0.2) is 45.0 Å². The zero-order valence-electron chi connectivity index (χ0n) is 18.4. The van der Waals surface area contributed by atoms with Crippen molar-refractivity contribution in [3.63, 3.8) is 0 Å². The van der Waals surface area contributed by atoms with Crippen LogP contribution in [0.1, 0.15) is 47.9 Å². The molecule has 1 saturated heterocycles. The summed E-state index contributed by atoms with van der Waals surface area (Å²) in [5.74, 6) is 0.592. The lowest BCUT2D eigenvalue weighted by molar-refractivity contribution is -0.0358. The lowest BCUT2D eigenvalue weighted by Crippen LogP contribution is -2.39. The highest BCUT2D eigenvalue weighted by atomic mass is 16.5. The molecule has 0 saturated carbocycles. The number of hydrogen-bond donors (Lipinski definition) is 1. The molecule has 4 aromatic rings. The van der Waals surface area contributed by atoms with Gasteiger partial charge in [-0.2, -0.15) is 0 Å². The second-order valence-electron chi connectivity index (χ2n) is 8.55. The third-order valence-corrected chi connectivity index (χ3v) is 6.03. The van der Waals surface area contributed by atoms with Gasteiger partial charge in [0, 0.05) is 24.5 Å². The van der Waals surface area contributed by atoms with Gasteiger partial charge < -0.3 is 15.0 Å². The maximum Gasteiger partial charge on any atom is 0.249 e. The number of morpholine rings is 1. The van der Waals surface area contributed by atoms with Crippen LogP contribution in [0.4, 0.5) is 0 Å². The zero-order valence-corrected chi connectivity index (χ0v) is 18.4. The molecule has 2 aromatic heterocycles. The van der Waals surface area contributed by atoms with Gasteiger partial charge in [-0.05, 0) is 38.1 Å². The maximum atomic E-state index is 12.1. The van der Waals surface area contributed by atoms with Crippen molar-refractivity contribution >= 4 is 27.8 Å². The van der Waals surface area contributed by atoms with E-state index >= 15 is 0 Å². The number of carbonyl (C=O) groups excluding carboxylic acids is 1. The number of para-hydroxylation sites is 3. The molecule has 32 heavy (non-hydrogen) atoms. The average Bonchev–Trinajstić information content (AvgIpc) is 3.16. The molecule has 0 bridgehead atoms. The highest BCUT2D eigenvalue weighted by Crippen LogP contribution is 2.28. The predicted molar refractivity (Wildman–Crippen MR) is 124 cm³/mol. The van der Waals surface area contributed by atoms with E-state index in [1.54, 1.807) is 6.07 Å². The molecule has 164 valence electrons. The fraction of sp³-hybridized carbons (Fsp3) is 0.320. The van der Waals surface area contributed by atoms with Crippen molar-refractivity contribution in [2.75, 3.05) is 19.7 Å². The number of amides is 1. The van der Waals surface area contributed by atoms with E-state index in [9.17, 15) is 4.79 Å². The van der Waals surface area contributed by atoms with E-state index in [0.29, 0.717) is 24.8 Å². The highest BCUT2D eigenvalue weighted by molar-refractivity contribution is 6.05. The Balaban J connectivity index is 1.44. The summed E-state index contributed by atoms with van der Waals surface area (Å²) in [6.45, 7) is 7.17. The molecule has 0 unspecified atom stereocenters. The summed E-state index contributed by atoms with van der Waals surface area (Å²) < 4.78 is 8.37. The summed E-state index contributed by atoms with van der Waals surface area (Å²) in [5.41, 5.74) is 9.80. The SMILES string of the molecule is CC(C)n1c(CN2CCO[C@@H](c3cc(C(N)=O)c4ccccc4n3)C2)nc2ccccc21. The summed E-state index contributed by atoms with van der Waals surface area (Å²) in [5, 5.41) is 0.766. The Kier molecular flexibility index (Phi) is 5.36. The number of pyridine rings is 1. The Morgan fingerprint density at radius 2 is 1.88 bits per heavy atom. The summed E-state index contributed by atoms with van der Waals surface area (Å²) in [7, 11) is 0. The lowest BCUT2D eigenvalue weighted by atomic mass is 10.0. The molecular weight excluding hydrogens is 402 g/mol. The number of aromatic nitrogens is 3. The van der Waals surface area contributed by atoms with E-state index in [2.05, 4.69) is 41.5 Å². The first-order valence-corrected chi connectivity index (χ1v) is 11.0. The largest absolute Gasteiger partial charge is 0.369 e. The molecule has 0 radical (unpaired) electrons. The number of nitrogens with two attached hydrogens (primary N) is 1. The van der Waals surface area contributed by atoms with Gasteiger partial charge in [-0.1, -0.05) is 30.3 Å². The molecule has 7 heteroatoms. The highest BCUT2D eigenvalue weighted by Gasteiger charge is 2.26. The Hall–Kier alpha value is -3.29. The molecule has 3 heterocycles. The second-order valence-corrected chi connectivity index (χ2v) is 8.55. The molecule has 2 N–H and O–H groups in total. The molecule has 0 aliphatic carbocycles. The number of hydrogen-bond acceptors (Lipinski definition) is 5. The first-order valence-electron chi connectivity index (χ1n) is 11.0. The van der Waals surface area contributed by atoms with E-state index < -0.39 is 5.91 Å². The van der Waals surface area contributed by atoms with Crippen LogP contribution in [0.25, 0.3) is 21.9 Å². The van der Waals surface area contributed by atoms with Gasteiger partial charge in [-0.3, -0.25) is 9.69 Å². The standard InChI is InChI=1S/C25H27N5O2/c1-16(2)30-22-10-6-5-9-20(22)28-24(30)15-29-11-12-32-23(14-29)21-13-18(25(26)31)17-7-3-4-8-19(17)27-21/h3-10,13,16,23H,11-12,14-15H2,1-2H3,(H2,26,31)/t23-/m1/s1. The topological polar surface area (TPSA) is 86.3 Å². The first kappa shape index (κ1) is 20.6. The molecule has 1 aliphatic rings. The van der Waals surface area contributed by atoms with Crippen LogP contribution in [0.3, 0.4) is 0 Å². The Bertz CT molecular complexity index is 1300. The van der Waals surface area contributed by atoms with Crippen molar-refractivity contribution in [3.8, 4) is 0 Å². The molecule has 1 fully saturated rings. The normalized spacial score (nSPS) is 17.4. The van der Waals surface area contributed by atoms with E-state index in [0.717, 1.165) is 46.5 Å². The van der Waals surface area contributed by atoms with Crippen molar-refractivity contribution in [2.24, 2.45) is 5.73 Å². The number of fused-ring (bicyclic) bond motifs is 2. The number of rotatable bonds is 5. The van der Waals surface area contributed by atoms with E-state index in [1.807, 2.05) is 30.3 Å². The van der Waals surface area contributed by atoms with Crippen LogP contribution in [0.15, 0.2) is 54.6 Å². The fourth-order valence-corrected chi connectivity index (χ4v) is 4.57. The quantitative estimate of drug-likeness (QED) is 0.521. The van der Waals surface area contributed by atoms with Crippen molar-refractivity contribution in [2.45, 2.75) is 32.5 Å². The number of carbonyl (C=O) groups is 1. The average molecular weight is 430 g/mol. The minimum absolute atomic E-state index is 0.233. The lowest BCUT2D eigenvalue weighted by Gasteiger charge is -2.33. The predicted octanol–water partition coefficient (Wildman–Crippen LogP) is 3.84. The van der Waals surface area contributed by atoms with Crippen molar-refractivity contribution in [3.05, 3.63) is 71.7 Å². The molecule has 7 nitrogen and oxygen atoms in total. The van der Waals surface area contributed by atoms with Gasteiger partial charge in [0.05, 0.1) is 41.0 Å². The monoisotopic (exact) mass is 429 g/mol. The van der Waals surface area contributed by atoms with Crippen molar-refractivity contribution in [1.29, 1.82) is 0 Å². The van der Waals surface area contributed by atoms with Crippen molar-refractivity contribution < 1.29 is 9.53 Å². The summed E-state index contributed by atoms with van der Waals surface area (Å²) in [4.78, 5) is 24.1. The smallest absolute Gasteiger partial charge is 0.249 e. The van der Waals surface area contributed by atoms with Gasteiger partial charge in [0.25, 0.3) is 0 Å². The van der Waals surface area contributed by atoms with E-state index in [-0.39, 0.29) is 6.10 Å². The third-order valence-electron chi connectivity index (χ3n) is 6.03. The first-order chi connectivity index (χ1) is 15.5. The van der Waals surface area contributed by atoms with Crippen LogP contribution >= 0.6 is 0 Å². The van der Waals surface area contributed by atoms with Gasteiger partial charge in [0.15, 0.2) is 0 Å². The summed E-state index contributed by atoms with van der Waals surface area (Å²) >= 11 is 0. The summed E-state index contributed by atoms with van der Waals surface area (Å²) in [6.07, 6.45) is -0.233. The Labute approximate surface area is 186 Å². The van der Waals surface area contributed by atoms with Crippen molar-refractivity contribution in [1.82, 2.24) is 19.4 Å². The summed E-state index contributed by atoms with van der Waals surface area (Å²) in [6, 6.07) is 17.9. The van der Waals surface area contributed by atoms with Gasteiger partial charge >= 0.3 is 0 Å².